The zero-order chi connectivity index (χ0) is 11.5. The minimum absolute atomic E-state index is 0.0185. The van der Waals surface area contributed by atoms with Gasteiger partial charge in [0.2, 0.25) is 5.91 Å². The fourth-order valence-electron chi connectivity index (χ4n) is 1.02. The normalized spacial score (nSPS) is 10.7. The lowest BCUT2D eigenvalue weighted by atomic mass is 10.1. The van der Waals surface area contributed by atoms with E-state index >= 15 is 0 Å². The molecule has 0 atom stereocenters. The molecule has 0 radical (unpaired) electrons. The molecule has 0 rings (SSSR count). The molecule has 0 heterocycles. The van der Waals surface area contributed by atoms with Crippen LogP contribution in [0.4, 0.5) is 0 Å². The van der Waals surface area contributed by atoms with Crippen molar-refractivity contribution in [3.05, 3.63) is 0 Å². The van der Waals surface area contributed by atoms with Gasteiger partial charge in [-0.25, -0.2) is 0 Å². The first-order chi connectivity index (χ1) is 7.13. The Morgan fingerprint density at radius 3 is 2.53 bits per heavy atom. The molecule has 0 saturated heterocycles. The molecule has 4 heteroatoms. The van der Waals surface area contributed by atoms with Gasteiger partial charge in [0, 0.05) is 33.2 Å². The van der Waals surface area contributed by atoms with Crippen molar-refractivity contribution < 1.29 is 9.53 Å². The summed E-state index contributed by atoms with van der Waals surface area (Å²) in [6.45, 7) is 9.81. The van der Waals surface area contributed by atoms with E-state index in [-0.39, 0.29) is 5.91 Å². The number of ether oxygens (including phenoxy) is 1. The molecule has 0 spiro atoms. The number of rotatable bonds is 9. The lowest BCUT2D eigenvalue weighted by Crippen LogP contribution is -2.31. The van der Waals surface area contributed by atoms with Gasteiger partial charge in [-0.3, -0.25) is 4.79 Å². The smallest absolute Gasteiger partial charge is 0.216 e. The predicted octanol–water partition coefficient (Wildman–Crippen LogP) is 0.775. The van der Waals surface area contributed by atoms with Gasteiger partial charge in [0.05, 0.1) is 6.61 Å². The summed E-state index contributed by atoms with van der Waals surface area (Å²) in [5.41, 5.74) is 0. The van der Waals surface area contributed by atoms with Gasteiger partial charge < -0.3 is 15.4 Å². The molecule has 0 aromatic carbocycles. The van der Waals surface area contributed by atoms with Gasteiger partial charge in [-0.15, -0.1) is 0 Å². The molecule has 0 aliphatic carbocycles. The average molecular weight is 216 g/mol. The summed E-state index contributed by atoms with van der Waals surface area (Å²) in [5, 5.41) is 5.91. The Labute approximate surface area is 92.8 Å². The molecule has 0 saturated carbocycles. The van der Waals surface area contributed by atoms with Crippen LogP contribution in [-0.2, 0) is 9.53 Å². The molecular formula is C11H24N2O2. The van der Waals surface area contributed by atoms with Crippen LogP contribution in [0.3, 0.4) is 0 Å². The first-order valence-corrected chi connectivity index (χ1v) is 5.66. The van der Waals surface area contributed by atoms with Crippen molar-refractivity contribution in [3.63, 3.8) is 0 Å². The van der Waals surface area contributed by atoms with Gasteiger partial charge in [0.1, 0.15) is 0 Å². The van der Waals surface area contributed by atoms with Crippen molar-refractivity contribution in [2.24, 2.45) is 5.92 Å². The molecule has 0 aliphatic rings. The summed E-state index contributed by atoms with van der Waals surface area (Å²) < 4.78 is 5.42. The Morgan fingerprint density at radius 1 is 1.20 bits per heavy atom. The number of carbonyl (C=O) groups is 1. The van der Waals surface area contributed by atoms with E-state index in [0.717, 1.165) is 32.7 Å². The highest BCUT2D eigenvalue weighted by atomic mass is 16.5. The summed E-state index contributed by atoms with van der Waals surface area (Å²) in [4.78, 5) is 10.5. The van der Waals surface area contributed by atoms with Crippen LogP contribution in [0.2, 0.25) is 0 Å². The Bertz CT molecular complexity index is 161. The summed E-state index contributed by atoms with van der Waals surface area (Å²) >= 11 is 0. The molecule has 15 heavy (non-hydrogen) atoms. The van der Waals surface area contributed by atoms with Gasteiger partial charge in [0.15, 0.2) is 0 Å². The van der Waals surface area contributed by atoms with E-state index in [1.54, 1.807) is 0 Å². The third-order valence-electron chi connectivity index (χ3n) is 1.94. The maximum absolute atomic E-state index is 10.5. The van der Waals surface area contributed by atoms with E-state index in [4.69, 9.17) is 4.74 Å². The minimum atomic E-state index is 0.0185. The van der Waals surface area contributed by atoms with Gasteiger partial charge >= 0.3 is 0 Å². The van der Waals surface area contributed by atoms with Gasteiger partial charge in [0.25, 0.3) is 0 Å². The van der Waals surface area contributed by atoms with Crippen molar-refractivity contribution in [2.75, 3.05) is 32.8 Å². The molecule has 90 valence electrons. The second kappa shape index (κ2) is 9.93. The zero-order valence-electron chi connectivity index (χ0n) is 10.1. The summed E-state index contributed by atoms with van der Waals surface area (Å²) in [5.74, 6) is 0.725. The first kappa shape index (κ1) is 14.4. The Kier molecular flexibility index (Phi) is 9.52. The number of nitrogens with one attached hydrogen (secondary N) is 2. The lowest BCUT2D eigenvalue weighted by molar-refractivity contribution is -0.118. The molecular weight excluding hydrogens is 192 g/mol. The highest BCUT2D eigenvalue weighted by Crippen LogP contribution is 1.97. The van der Waals surface area contributed by atoms with Crippen LogP contribution in [0, 0.1) is 5.92 Å². The van der Waals surface area contributed by atoms with Crippen molar-refractivity contribution in [3.8, 4) is 0 Å². The molecule has 0 bridgehead atoms. The summed E-state index contributed by atoms with van der Waals surface area (Å²) in [6.07, 6.45) is 1.12. The van der Waals surface area contributed by atoms with Crippen LogP contribution in [0.1, 0.15) is 27.2 Å². The maximum atomic E-state index is 10.5. The van der Waals surface area contributed by atoms with Crippen LogP contribution < -0.4 is 10.6 Å². The SMILES string of the molecule is CC(=O)NCCNCCOCCC(C)C. The zero-order valence-corrected chi connectivity index (χ0v) is 10.1. The van der Waals surface area contributed by atoms with Crippen LogP contribution >= 0.6 is 0 Å². The molecule has 1 amide bonds. The van der Waals surface area contributed by atoms with Crippen molar-refractivity contribution >= 4 is 5.91 Å². The lowest BCUT2D eigenvalue weighted by Gasteiger charge is -2.07. The number of carbonyl (C=O) groups excluding carboxylic acids is 1. The number of amides is 1. The molecule has 2 N–H and O–H groups in total. The molecule has 0 fully saturated rings. The maximum Gasteiger partial charge on any atom is 0.216 e. The Morgan fingerprint density at radius 2 is 1.93 bits per heavy atom. The first-order valence-electron chi connectivity index (χ1n) is 5.66. The Balaban J connectivity index is 2.96. The molecule has 0 unspecified atom stereocenters. The molecule has 0 aromatic heterocycles. The fraction of sp³-hybridized carbons (Fsp3) is 0.909. The average Bonchev–Trinajstić information content (AvgIpc) is 2.14. The number of hydrogen-bond acceptors (Lipinski definition) is 3. The quantitative estimate of drug-likeness (QED) is 0.560. The van der Waals surface area contributed by atoms with Gasteiger partial charge in [-0.1, -0.05) is 13.8 Å². The summed E-state index contributed by atoms with van der Waals surface area (Å²) in [6, 6.07) is 0. The Hall–Kier alpha value is -0.610. The highest BCUT2D eigenvalue weighted by molar-refractivity contribution is 5.72. The van der Waals surface area contributed by atoms with E-state index in [1.165, 1.54) is 6.92 Å². The van der Waals surface area contributed by atoms with Crippen molar-refractivity contribution in [1.82, 2.24) is 10.6 Å². The minimum Gasteiger partial charge on any atom is -0.380 e. The van der Waals surface area contributed by atoms with Crippen LogP contribution in [0.15, 0.2) is 0 Å². The third kappa shape index (κ3) is 13.4. The topological polar surface area (TPSA) is 50.4 Å². The van der Waals surface area contributed by atoms with E-state index in [2.05, 4.69) is 24.5 Å². The van der Waals surface area contributed by atoms with Crippen LogP contribution in [-0.4, -0.2) is 38.8 Å². The second-order valence-corrected chi connectivity index (χ2v) is 4.03. The van der Waals surface area contributed by atoms with Crippen molar-refractivity contribution in [1.29, 1.82) is 0 Å². The van der Waals surface area contributed by atoms with E-state index < -0.39 is 0 Å². The predicted molar refractivity (Wildman–Crippen MR) is 61.8 cm³/mol. The molecule has 0 aliphatic heterocycles. The van der Waals surface area contributed by atoms with E-state index in [9.17, 15) is 4.79 Å². The molecule has 0 aromatic rings. The van der Waals surface area contributed by atoms with E-state index in [0.29, 0.717) is 12.5 Å². The van der Waals surface area contributed by atoms with Crippen molar-refractivity contribution in [2.45, 2.75) is 27.2 Å². The summed E-state index contributed by atoms with van der Waals surface area (Å²) in [7, 11) is 0. The fourth-order valence-corrected chi connectivity index (χ4v) is 1.02. The van der Waals surface area contributed by atoms with Gasteiger partial charge in [-0.2, -0.15) is 0 Å². The van der Waals surface area contributed by atoms with Crippen LogP contribution in [0.5, 0.6) is 0 Å². The van der Waals surface area contributed by atoms with Gasteiger partial charge in [-0.05, 0) is 12.3 Å². The standard InChI is InChI=1S/C11H24N2O2/c1-10(2)4-8-15-9-7-12-5-6-13-11(3)14/h10,12H,4-9H2,1-3H3,(H,13,14). The van der Waals surface area contributed by atoms with E-state index in [1.807, 2.05) is 0 Å². The monoisotopic (exact) mass is 216 g/mol. The molecule has 4 nitrogen and oxygen atoms in total. The second-order valence-electron chi connectivity index (χ2n) is 4.03. The van der Waals surface area contributed by atoms with Crippen LogP contribution in [0.25, 0.3) is 0 Å². The third-order valence-corrected chi connectivity index (χ3v) is 1.94. The highest BCUT2D eigenvalue weighted by Gasteiger charge is 1.94. The largest absolute Gasteiger partial charge is 0.380 e. The number of hydrogen-bond donors (Lipinski definition) is 2.